The normalized spacial score (nSPS) is 18.7. The lowest BCUT2D eigenvalue weighted by Crippen LogP contribution is -2.23. The van der Waals surface area contributed by atoms with Gasteiger partial charge in [0.2, 0.25) is 0 Å². The number of rotatable bonds is 6. The molecule has 1 aromatic carbocycles. The Morgan fingerprint density at radius 2 is 2.28 bits per heavy atom. The van der Waals surface area contributed by atoms with E-state index < -0.39 is 6.10 Å². The van der Waals surface area contributed by atoms with Crippen LogP contribution in [-0.2, 0) is 16.1 Å². The lowest BCUT2D eigenvalue weighted by Gasteiger charge is -2.14. The van der Waals surface area contributed by atoms with Crippen molar-refractivity contribution in [3.63, 3.8) is 0 Å². The molecule has 0 aliphatic carbocycles. The lowest BCUT2D eigenvalue weighted by molar-refractivity contribution is -0.143. The third-order valence-corrected chi connectivity index (χ3v) is 2.87. The fourth-order valence-corrected chi connectivity index (χ4v) is 1.90. The molecule has 4 nitrogen and oxygen atoms in total. The maximum Gasteiger partial charge on any atom is 0.347 e. The number of para-hydroxylation sites is 1. The second kappa shape index (κ2) is 6.40. The van der Waals surface area contributed by atoms with E-state index in [0.717, 1.165) is 30.8 Å². The highest BCUT2D eigenvalue weighted by Crippen LogP contribution is 2.22. The molecule has 1 fully saturated rings. The summed E-state index contributed by atoms with van der Waals surface area (Å²) in [6, 6.07) is 7.80. The van der Waals surface area contributed by atoms with Gasteiger partial charge in [-0.1, -0.05) is 25.1 Å². The van der Waals surface area contributed by atoms with Crippen molar-refractivity contribution in [3.05, 3.63) is 29.8 Å². The molecular weight excluding hydrogens is 230 g/mol. The van der Waals surface area contributed by atoms with Crippen LogP contribution in [0.1, 0.15) is 25.3 Å². The van der Waals surface area contributed by atoms with Crippen LogP contribution >= 0.6 is 0 Å². The van der Waals surface area contributed by atoms with Crippen LogP contribution in [0.15, 0.2) is 24.3 Å². The molecule has 0 radical (unpaired) electrons. The Balaban J connectivity index is 2.00. The number of hydrogen-bond acceptors (Lipinski definition) is 4. The van der Waals surface area contributed by atoms with Crippen LogP contribution < -0.4 is 10.1 Å². The zero-order valence-electron chi connectivity index (χ0n) is 10.6. The van der Waals surface area contributed by atoms with E-state index in [1.54, 1.807) is 0 Å². The second-order valence-corrected chi connectivity index (χ2v) is 4.35. The molecule has 1 atom stereocenters. The second-order valence-electron chi connectivity index (χ2n) is 4.35. The first kappa shape index (κ1) is 12.9. The zero-order chi connectivity index (χ0) is 12.8. The molecule has 1 saturated heterocycles. The van der Waals surface area contributed by atoms with Crippen molar-refractivity contribution in [2.24, 2.45) is 0 Å². The smallest absolute Gasteiger partial charge is 0.347 e. The van der Waals surface area contributed by atoms with Crippen LogP contribution in [0.25, 0.3) is 0 Å². The zero-order valence-corrected chi connectivity index (χ0v) is 10.6. The van der Waals surface area contributed by atoms with Gasteiger partial charge < -0.3 is 14.8 Å². The number of carbonyl (C=O) groups excluding carboxylic acids is 1. The van der Waals surface area contributed by atoms with E-state index in [-0.39, 0.29) is 5.97 Å². The molecule has 0 spiro atoms. The SMILES string of the molecule is CCCNCc1ccccc1OC1CCOC1=O. The maximum absolute atomic E-state index is 11.4. The van der Waals surface area contributed by atoms with Gasteiger partial charge in [0.25, 0.3) is 0 Å². The van der Waals surface area contributed by atoms with Gasteiger partial charge in [-0.15, -0.1) is 0 Å². The Morgan fingerprint density at radius 1 is 1.44 bits per heavy atom. The van der Waals surface area contributed by atoms with E-state index in [2.05, 4.69) is 12.2 Å². The van der Waals surface area contributed by atoms with Gasteiger partial charge in [0.15, 0.2) is 6.10 Å². The fraction of sp³-hybridized carbons (Fsp3) is 0.500. The molecule has 1 aliphatic heterocycles. The van der Waals surface area contributed by atoms with Crippen LogP contribution in [0.5, 0.6) is 5.75 Å². The molecule has 0 amide bonds. The highest BCUT2D eigenvalue weighted by Gasteiger charge is 2.28. The van der Waals surface area contributed by atoms with E-state index in [4.69, 9.17) is 9.47 Å². The first-order valence-corrected chi connectivity index (χ1v) is 6.43. The van der Waals surface area contributed by atoms with Gasteiger partial charge in [-0.3, -0.25) is 0 Å². The maximum atomic E-state index is 11.4. The van der Waals surface area contributed by atoms with Gasteiger partial charge in [-0.2, -0.15) is 0 Å². The predicted octanol–water partition coefficient (Wildman–Crippen LogP) is 1.88. The summed E-state index contributed by atoms with van der Waals surface area (Å²) in [5.74, 6) is 0.510. The Bertz CT molecular complexity index is 406. The molecule has 2 rings (SSSR count). The molecule has 0 aromatic heterocycles. The molecule has 98 valence electrons. The standard InChI is InChI=1S/C14H19NO3/c1-2-8-15-10-11-5-3-4-6-12(11)18-13-7-9-17-14(13)16/h3-6,13,15H,2,7-10H2,1H3. The summed E-state index contributed by atoms with van der Waals surface area (Å²) in [5, 5.41) is 3.33. The number of benzene rings is 1. The van der Waals surface area contributed by atoms with Gasteiger partial charge in [-0.05, 0) is 19.0 Å². The average Bonchev–Trinajstić information content (AvgIpc) is 2.78. The van der Waals surface area contributed by atoms with Gasteiger partial charge in [0.05, 0.1) is 6.61 Å². The minimum absolute atomic E-state index is 0.258. The summed E-state index contributed by atoms with van der Waals surface area (Å²) in [6.45, 7) is 4.31. The first-order chi connectivity index (χ1) is 8.81. The van der Waals surface area contributed by atoms with Gasteiger partial charge in [0, 0.05) is 18.5 Å². The Kier molecular flexibility index (Phi) is 4.59. The molecule has 1 heterocycles. The average molecular weight is 249 g/mol. The molecule has 1 aliphatic rings. The molecular formula is C14H19NO3. The third kappa shape index (κ3) is 3.23. The van der Waals surface area contributed by atoms with E-state index in [9.17, 15) is 4.79 Å². The van der Waals surface area contributed by atoms with Crippen LogP contribution in [0.4, 0.5) is 0 Å². The minimum Gasteiger partial charge on any atom is -0.478 e. The number of cyclic esters (lactones) is 1. The summed E-state index contributed by atoms with van der Waals surface area (Å²) in [4.78, 5) is 11.4. The number of ether oxygens (including phenoxy) is 2. The minimum atomic E-state index is -0.447. The first-order valence-electron chi connectivity index (χ1n) is 6.43. The third-order valence-electron chi connectivity index (χ3n) is 2.87. The Labute approximate surface area is 107 Å². The van der Waals surface area contributed by atoms with Crippen molar-refractivity contribution in [2.75, 3.05) is 13.2 Å². The largest absolute Gasteiger partial charge is 0.478 e. The van der Waals surface area contributed by atoms with Crippen molar-refractivity contribution >= 4 is 5.97 Å². The monoisotopic (exact) mass is 249 g/mol. The van der Waals surface area contributed by atoms with Crippen LogP contribution in [0, 0.1) is 0 Å². The predicted molar refractivity (Wildman–Crippen MR) is 68.4 cm³/mol. The van der Waals surface area contributed by atoms with Gasteiger partial charge >= 0.3 is 5.97 Å². The van der Waals surface area contributed by atoms with Crippen LogP contribution in [0.2, 0.25) is 0 Å². The molecule has 18 heavy (non-hydrogen) atoms. The van der Waals surface area contributed by atoms with Crippen molar-refractivity contribution in [2.45, 2.75) is 32.4 Å². The number of carbonyl (C=O) groups is 1. The lowest BCUT2D eigenvalue weighted by atomic mass is 10.2. The molecule has 4 heteroatoms. The van der Waals surface area contributed by atoms with Crippen molar-refractivity contribution in [1.82, 2.24) is 5.32 Å². The van der Waals surface area contributed by atoms with E-state index in [0.29, 0.717) is 13.0 Å². The molecule has 1 aromatic rings. The van der Waals surface area contributed by atoms with Crippen LogP contribution in [-0.4, -0.2) is 25.2 Å². The molecule has 1 N–H and O–H groups in total. The molecule has 0 bridgehead atoms. The molecule has 1 unspecified atom stereocenters. The van der Waals surface area contributed by atoms with Gasteiger partial charge in [0.1, 0.15) is 5.75 Å². The fourth-order valence-electron chi connectivity index (χ4n) is 1.90. The van der Waals surface area contributed by atoms with E-state index in [1.807, 2.05) is 24.3 Å². The Morgan fingerprint density at radius 3 is 3.00 bits per heavy atom. The highest BCUT2D eigenvalue weighted by atomic mass is 16.6. The van der Waals surface area contributed by atoms with Crippen molar-refractivity contribution < 1.29 is 14.3 Å². The quantitative estimate of drug-likeness (QED) is 0.617. The van der Waals surface area contributed by atoms with Crippen LogP contribution in [0.3, 0.4) is 0 Å². The number of esters is 1. The summed E-state index contributed by atoms with van der Waals surface area (Å²) in [6.07, 6.45) is 1.28. The topological polar surface area (TPSA) is 47.6 Å². The summed E-state index contributed by atoms with van der Waals surface area (Å²) in [7, 11) is 0. The molecule has 0 saturated carbocycles. The highest BCUT2D eigenvalue weighted by molar-refractivity contribution is 5.76. The summed E-state index contributed by atoms with van der Waals surface area (Å²) >= 11 is 0. The summed E-state index contributed by atoms with van der Waals surface area (Å²) in [5.41, 5.74) is 1.07. The number of hydrogen-bond donors (Lipinski definition) is 1. The Hall–Kier alpha value is -1.55. The van der Waals surface area contributed by atoms with Crippen molar-refractivity contribution in [3.8, 4) is 5.75 Å². The van der Waals surface area contributed by atoms with E-state index in [1.165, 1.54) is 0 Å². The van der Waals surface area contributed by atoms with Gasteiger partial charge in [-0.25, -0.2) is 4.79 Å². The number of nitrogens with one attached hydrogen (secondary N) is 1. The van der Waals surface area contributed by atoms with E-state index >= 15 is 0 Å². The van der Waals surface area contributed by atoms with Crippen molar-refractivity contribution in [1.29, 1.82) is 0 Å². The summed E-state index contributed by atoms with van der Waals surface area (Å²) < 4.78 is 10.6.